The number of hydrogen-bond acceptors (Lipinski definition) is 6. The maximum absolute atomic E-state index is 10.8. The van der Waals surface area contributed by atoms with E-state index in [1.54, 1.807) is 0 Å². The highest BCUT2D eigenvalue weighted by Gasteiger charge is 2.17. The first-order valence-electron chi connectivity index (χ1n) is 9.68. The summed E-state index contributed by atoms with van der Waals surface area (Å²) in [7, 11) is 0. The molecular formula is C22H23N5O3. The van der Waals surface area contributed by atoms with Crippen molar-refractivity contribution in [2.24, 2.45) is 5.73 Å². The molecule has 4 N–H and O–H groups in total. The molecule has 30 heavy (non-hydrogen) atoms. The molecule has 2 aromatic heterocycles. The van der Waals surface area contributed by atoms with E-state index in [2.05, 4.69) is 9.55 Å². The van der Waals surface area contributed by atoms with Gasteiger partial charge in [-0.3, -0.25) is 0 Å². The molecule has 2 aromatic carbocycles. The minimum atomic E-state index is -0.789. The summed E-state index contributed by atoms with van der Waals surface area (Å²) >= 11 is 0. The van der Waals surface area contributed by atoms with Crippen LogP contribution in [0.25, 0.3) is 21.9 Å². The van der Waals surface area contributed by atoms with Crippen LogP contribution in [0.2, 0.25) is 0 Å². The van der Waals surface area contributed by atoms with Gasteiger partial charge in [-0.25, -0.2) is 14.8 Å². The van der Waals surface area contributed by atoms with Gasteiger partial charge in [-0.05, 0) is 24.1 Å². The predicted octanol–water partition coefficient (Wildman–Crippen LogP) is 3.35. The van der Waals surface area contributed by atoms with Crippen LogP contribution in [-0.4, -0.2) is 27.2 Å². The summed E-state index contributed by atoms with van der Waals surface area (Å²) in [6.07, 6.45) is -0.789. The van der Waals surface area contributed by atoms with Crippen molar-refractivity contribution in [2.75, 3.05) is 12.3 Å². The number of carbonyl (C=O) groups is 1. The highest BCUT2D eigenvalue weighted by atomic mass is 16.5. The largest absolute Gasteiger partial charge is 0.445 e. The summed E-state index contributed by atoms with van der Waals surface area (Å²) in [4.78, 5) is 20.0. The van der Waals surface area contributed by atoms with Gasteiger partial charge in [0.25, 0.3) is 0 Å². The number of pyridine rings is 1. The molecule has 4 aromatic rings. The molecule has 0 saturated heterocycles. The molecule has 154 valence electrons. The number of fused-ring (bicyclic) bond motifs is 3. The summed E-state index contributed by atoms with van der Waals surface area (Å²) < 4.78 is 12.6. The van der Waals surface area contributed by atoms with Crippen LogP contribution >= 0.6 is 0 Å². The lowest BCUT2D eigenvalue weighted by Gasteiger charge is -2.12. The van der Waals surface area contributed by atoms with Crippen molar-refractivity contribution >= 4 is 33.8 Å². The van der Waals surface area contributed by atoms with E-state index in [-0.39, 0.29) is 6.61 Å². The number of ether oxygens (including phenoxy) is 2. The van der Waals surface area contributed by atoms with Crippen LogP contribution in [0.1, 0.15) is 23.9 Å². The highest BCUT2D eigenvalue weighted by molar-refractivity contribution is 6.06. The number of nitrogens with two attached hydrogens (primary N) is 2. The van der Waals surface area contributed by atoms with Crippen molar-refractivity contribution in [3.05, 3.63) is 65.5 Å². The van der Waals surface area contributed by atoms with E-state index in [9.17, 15) is 4.79 Å². The van der Waals surface area contributed by atoms with Crippen LogP contribution in [0.4, 0.5) is 10.6 Å². The Labute approximate surface area is 173 Å². The summed E-state index contributed by atoms with van der Waals surface area (Å²) in [5, 5.41) is 0.989. The third-order valence-electron chi connectivity index (χ3n) is 4.87. The van der Waals surface area contributed by atoms with Gasteiger partial charge in [0, 0.05) is 18.5 Å². The quantitative estimate of drug-likeness (QED) is 0.487. The molecule has 8 heteroatoms. The molecule has 0 bridgehead atoms. The summed E-state index contributed by atoms with van der Waals surface area (Å²) in [5.41, 5.74) is 15.6. The fraction of sp³-hybridized carbons (Fsp3) is 0.227. The van der Waals surface area contributed by atoms with Gasteiger partial charge in [-0.2, -0.15) is 0 Å². The molecule has 4 rings (SSSR count). The second kappa shape index (κ2) is 8.38. The van der Waals surface area contributed by atoms with Crippen molar-refractivity contribution in [3.63, 3.8) is 0 Å². The Morgan fingerprint density at radius 3 is 2.50 bits per heavy atom. The van der Waals surface area contributed by atoms with E-state index < -0.39 is 6.09 Å². The number of para-hydroxylation sites is 1. The molecule has 1 amide bonds. The average Bonchev–Trinajstić information content (AvgIpc) is 3.11. The molecule has 0 unspecified atom stereocenters. The Kier molecular flexibility index (Phi) is 5.49. The maximum atomic E-state index is 10.8. The highest BCUT2D eigenvalue weighted by Crippen LogP contribution is 2.29. The van der Waals surface area contributed by atoms with Crippen LogP contribution in [0.5, 0.6) is 0 Å². The normalized spacial score (nSPS) is 11.2. The minimum absolute atomic E-state index is 0.145. The van der Waals surface area contributed by atoms with Gasteiger partial charge >= 0.3 is 6.09 Å². The molecule has 0 atom stereocenters. The monoisotopic (exact) mass is 405 g/mol. The lowest BCUT2D eigenvalue weighted by Crippen LogP contribution is -2.12. The number of nitrogen functional groups attached to an aromatic ring is 1. The number of anilines is 1. The lowest BCUT2D eigenvalue weighted by atomic mass is 10.1. The summed E-state index contributed by atoms with van der Waals surface area (Å²) in [5.74, 6) is 1.19. The fourth-order valence-corrected chi connectivity index (χ4v) is 3.46. The van der Waals surface area contributed by atoms with E-state index in [1.807, 2.05) is 55.5 Å². The van der Waals surface area contributed by atoms with Gasteiger partial charge in [-0.1, -0.05) is 42.5 Å². The maximum Gasteiger partial charge on any atom is 0.404 e. The minimum Gasteiger partial charge on any atom is -0.445 e. The first-order valence-corrected chi connectivity index (χ1v) is 9.68. The molecule has 8 nitrogen and oxygen atoms in total. The van der Waals surface area contributed by atoms with Crippen molar-refractivity contribution in [2.45, 2.75) is 26.7 Å². The smallest absolute Gasteiger partial charge is 0.404 e. The predicted molar refractivity (Wildman–Crippen MR) is 115 cm³/mol. The zero-order valence-corrected chi connectivity index (χ0v) is 16.7. The van der Waals surface area contributed by atoms with Gasteiger partial charge in [0.1, 0.15) is 24.6 Å². The fourth-order valence-electron chi connectivity index (χ4n) is 3.46. The van der Waals surface area contributed by atoms with Crippen molar-refractivity contribution in [1.29, 1.82) is 0 Å². The van der Waals surface area contributed by atoms with E-state index >= 15 is 0 Å². The molecule has 0 spiro atoms. The molecule has 0 fully saturated rings. The average molecular weight is 405 g/mol. The van der Waals surface area contributed by atoms with Crippen LogP contribution in [0.15, 0.2) is 48.5 Å². The van der Waals surface area contributed by atoms with E-state index in [1.165, 1.54) is 0 Å². The molecule has 0 saturated carbocycles. The van der Waals surface area contributed by atoms with Crippen molar-refractivity contribution < 1.29 is 14.3 Å². The van der Waals surface area contributed by atoms with E-state index in [0.29, 0.717) is 31.1 Å². The number of aromatic nitrogens is 3. The Morgan fingerprint density at radius 2 is 1.77 bits per heavy atom. The molecular weight excluding hydrogens is 382 g/mol. The van der Waals surface area contributed by atoms with E-state index in [4.69, 9.17) is 25.9 Å². The zero-order chi connectivity index (χ0) is 21.1. The van der Waals surface area contributed by atoms with Crippen LogP contribution in [0.3, 0.4) is 0 Å². The molecule has 0 aliphatic rings. The molecule has 0 aliphatic carbocycles. The first kappa shape index (κ1) is 19.7. The number of amides is 1. The Balaban J connectivity index is 1.77. The third-order valence-corrected chi connectivity index (χ3v) is 4.87. The van der Waals surface area contributed by atoms with Crippen molar-refractivity contribution in [3.8, 4) is 0 Å². The Bertz CT molecular complexity index is 1200. The Morgan fingerprint density at radius 1 is 1.03 bits per heavy atom. The number of primary amides is 1. The van der Waals surface area contributed by atoms with Crippen LogP contribution in [0, 0.1) is 0 Å². The first-order chi connectivity index (χ1) is 14.6. The number of nitrogens with zero attached hydrogens (tertiary/aromatic N) is 3. The van der Waals surface area contributed by atoms with Crippen LogP contribution in [-0.2, 0) is 29.2 Å². The topological polar surface area (TPSA) is 118 Å². The number of hydrogen-bond donors (Lipinski definition) is 2. The molecule has 2 heterocycles. The van der Waals surface area contributed by atoms with Crippen LogP contribution < -0.4 is 11.5 Å². The van der Waals surface area contributed by atoms with Crippen molar-refractivity contribution in [1.82, 2.24) is 14.5 Å². The van der Waals surface area contributed by atoms with Gasteiger partial charge in [0.05, 0.1) is 11.0 Å². The molecule has 0 radical (unpaired) electrons. The second-order valence-electron chi connectivity index (χ2n) is 6.89. The van der Waals surface area contributed by atoms with Gasteiger partial charge in [-0.15, -0.1) is 0 Å². The SMILES string of the molecule is CCOCc1nc2c(N)nc3ccccc3c2n1Cc1ccc(COC(N)=O)cc1. The zero-order valence-electron chi connectivity index (χ0n) is 16.7. The lowest BCUT2D eigenvalue weighted by molar-refractivity contribution is 0.126. The Hall–Kier alpha value is -3.65. The number of benzene rings is 2. The summed E-state index contributed by atoms with van der Waals surface area (Å²) in [6.45, 7) is 3.65. The summed E-state index contributed by atoms with van der Waals surface area (Å²) in [6, 6.07) is 15.7. The number of imidazole rings is 1. The third kappa shape index (κ3) is 3.90. The van der Waals surface area contributed by atoms with Gasteiger partial charge < -0.3 is 25.5 Å². The standard InChI is InChI=1S/C22H23N5O3/c1-2-29-13-18-26-19-20(16-5-3-4-6-17(16)25-21(19)23)27(18)11-14-7-9-15(10-8-14)12-30-22(24)28/h3-10H,2,11-13H2,1H3,(H2,23,25)(H2,24,28). The van der Waals surface area contributed by atoms with Gasteiger partial charge in [0.15, 0.2) is 5.82 Å². The number of rotatable bonds is 7. The number of carbonyl (C=O) groups excluding carboxylic acids is 1. The van der Waals surface area contributed by atoms with Gasteiger partial charge in [0.2, 0.25) is 0 Å². The second-order valence-corrected chi connectivity index (χ2v) is 6.89. The molecule has 0 aliphatic heterocycles. The van der Waals surface area contributed by atoms with E-state index in [0.717, 1.165) is 33.4 Å².